The van der Waals surface area contributed by atoms with Crippen LogP contribution >= 0.6 is 35.6 Å². The van der Waals surface area contributed by atoms with Gasteiger partial charge in [-0.05, 0) is 38.8 Å². The van der Waals surface area contributed by atoms with Gasteiger partial charge in [-0.25, -0.2) is 4.99 Å². The minimum Gasteiger partial charge on any atom is -0.368 e. The smallest absolute Gasteiger partial charge is 0.243 e. The summed E-state index contributed by atoms with van der Waals surface area (Å²) >= 11 is 6.35. The molecular formula is C19H31ClIN5O. The lowest BCUT2D eigenvalue weighted by Crippen LogP contribution is -2.52. The first kappa shape index (κ1) is 23.8. The Kier molecular flexibility index (Phi) is 10.2. The summed E-state index contributed by atoms with van der Waals surface area (Å²) in [7, 11) is 3.48. The molecule has 2 rings (SSSR count). The van der Waals surface area contributed by atoms with E-state index in [1.807, 2.05) is 18.2 Å². The second kappa shape index (κ2) is 11.6. The molecule has 1 aliphatic rings. The van der Waals surface area contributed by atoms with Crippen LogP contribution in [0.3, 0.4) is 0 Å². The molecule has 0 saturated carbocycles. The van der Waals surface area contributed by atoms with E-state index in [1.165, 1.54) is 0 Å². The predicted molar refractivity (Wildman–Crippen MR) is 125 cm³/mol. The number of guanidine groups is 1. The lowest BCUT2D eigenvalue weighted by Gasteiger charge is -2.36. The van der Waals surface area contributed by atoms with Gasteiger partial charge in [0.25, 0.3) is 0 Å². The van der Waals surface area contributed by atoms with Crippen LogP contribution in [0.1, 0.15) is 26.7 Å². The summed E-state index contributed by atoms with van der Waals surface area (Å²) in [6, 6.07) is 8.43. The molecule has 0 spiro atoms. The monoisotopic (exact) mass is 507 g/mol. The fourth-order valence-corrected chi connectivity index (χ4v) is 3.17. The lowest BCUT2D eigenvalue weighted by atomic mass is 10.0. The zero-order valence-electron chi connectivity index (χ0n) is 16.5. The molecule has 1 aliphatic heterocycles. The highest BCUT2D eigenvalue weighted by molar-refractivity contribution is 14.0. The van der Waals surface area contributed by atoms with Crippen molar-refractivity contribution < 1.29 is 4.79 Å². The van der Waals surface area contributed by atoms with E-state index in [0.29, 0.717) is 5.96 Å². The molecule has 1 aromatic rings. The number of benzene rings is 1. The Morgan fingerprint density at radius 1 is 1.37 bits per heavy atom. The Morgan fingerprint density at radius 3 is 2.70 bits per heavy atom. The van der Waals surface area contributed by atoms with Crippen LogP contribution in [-0.2, 0) is 4.79 Å². The van der Waals surface area contributed by atoms with Crippen molar-refractivity contribution in [2.24, 2.45) is 4.99 Å². The Labute approximate surface area is 184 Å². The highest BCUT2D eigenvalue weighted by Crippen LogP contribution is 2.27. The number of nitrogens with zero attached hydrogens (tertiary/aromatic N) is 3. The van der Waals surface area contributed by atoms with E-state index in [0.717, 1.165) is 36.6 Å². The Balaban J connectivity index is 0.00000364. The molecule has 1 saturated heterocycles. The second-order valence-electron chi connectivity index (χ2n) is 7.13. The SMILES string of the molecule is CC(C)NC(=NCC(=O)N(C)C)NC1CCCN(c2ccccc2Cl)C1.I. The highest BCUT2D eigenvalue weighted by atomic mass is 127. The molecular weight excluding hydrogens is 477 g/mol. The molecule has 27 heavy (non-hydrogen) atoms. The Bertz CT molecular complexity index is 638. The number of para-hydroxylation sites is 1. The number of anilines is 1. The molecule has 6 nitrogen and oxygen atoms in total. The van der Waals surface area contributed by atoms with Gasteiger partial charge in [0, 0.05) is 39.3 Å². The van der Waals surface area contributed by atoms with E-state index in [1.54, 1.807) is 19.0 Å². The van der Waals surface area contributed by atoms with Crippen molar-refractivity contribution in [3.8, 4) is 0 Å². The number of aliphatic imine (C=N–C) groups is 1. The summed E-state index contributed by atoms with van der Waals surface area (Å²) in [4.78, 5) is 20.2. The zero-order valence-corrected chi connectivity index (χ0v) is 19.6. The minimum atomic E-state index is -0.0174. The number of hydrogen-bond donors (Lipinski definition) is 2. The van der Waals surface area contributed by atoms with Crippen molar-refractivity contribution in [1.29, 1.82) is 0 Å². The average Bonchev–Trinajstić information content (AvgIpc) is 2.59. The molecule has 1 amide bonds. The predicted octanol–water partition coefficient (Wildman–Crippen LogP) is 2.96. The number of carbonyl (C=O) groups excluding carboxylic acids is 1. The van der Waals surface area contributed by atoms with Gasteiger partial charge in [0.1, 0.15) is 6.54 Å². The number of hydrogen-bond acceptors (Lipinski definition) is 3. The number of halogens is 2. The minimum absolute atomic E-state index is 0. The molecule has 1 fully saturated rings. The molecule has 0 radical (unpaired) electrons. The van der Waals surface area contributed by atoms with Gasteiger partial charge in [-0.2, -0.15) is 0 Å². The van der Waals surface area contributed by atoms with E-state index in [4.69, 9.17) is 11.6 Å². The van der Waals surface area contributed by atoms with E-state index in [9.17, 15) is 4.79 Å². The summed E-state index contributed by atoms with van der Waals surface area (Å²) in [5, 5.41) is 7.57. The van der Waals surface area contributed by atoms with Crippen molar-refractivity contribution in [2.75, 3.05) is 38.6 Å². The normalized spacial score (nSPS) is 17.3. The number of carbonyl (C=O) groups is 1. The van der Waals surface area contributed by atoms with Gasteiger partial charge >= 0.3 is 0 Å². The maximum absolute atomic E-state index is 11.8. The summed E-state index contributed by atoms with van der Waals surface area (Å²) < 4.78 is 0. The Morgan fingerprint density at radius 2 is 2.07 bits per heavy atom. The fraction of sp³-hybridized carbons (Fsp3) is 0.579. The van der Waals surface area contributed by atoms with Crippen LogP contribution in [0.5, 0.6) is 0 Å². The molecule has 152 valence electrons. The third kappa shape index (κ3) is 7.73. The molecule has 8 heteroatoms. The van der Waals surface area contributed by atoms with Crippen LogP contribution in [0, 0.1) is 0 Å². The van der Waals surface area contributed by atoms with Crippen molar-refractivity contribution >= 4 is 53.1 Å². The Hall–Kier alpha value is -1.22. The lowest BCUT2D eigenvalue weighted by molar-refractivity contribution is -0.127. The average molecular weight is 508 g/mol. The summed E-state index contributed by atoms with van der Waals surface area (Å²) in [5.41, 5.74) is 1.07. The van der Waals surface area contributed by atoms with Crippen LogP contribution < -0.4 is 15.5 Å². The van der Waals surface area contributed by atoms with Crippen LogP contribution in [0.2, 0.25) is 5.02 Å². The van der Waals surface area contributed by atoms with Gasteiger partial charge in [0.15, 0.2) is 5.96 Å². The van der Waals surface area contributed by atoms with E-state index in [2.05, 4.69) is 40.4 Å². The van der Waals surface area contributed by atoms with Gasteiger partial charge in [-0.1, -0.05) is 23.7 Å². The first-order chi connectivity index (χ1) is 12.4. The third-order valence-corrected chi connectivity index (χ3v) is 4.57. The van der Waals surface area contributed by atoms with E-state index in [-0.39, 0.29) is 48.5 Å². The van der Waals surface area contributed by atoms with Crippen LogP contribution in [0.4, 0.5) is 5.69 Å². The molecule has 1 heterocycles. The van der Waals surface area contributed by atoms with Gasteiger partial charge in [0.2, 0.25) is 5.91 Å². The first-order valence-electron chi connectivity index (χ1n) is 9.14. The third-order valence-electron chi connectivity index (χ3n) is 4.25. The van der Waals surface area contributed by atoms with E-state index >= 15 is 0 Å². The topological polar surface area (TPSA) is 60.0 Å². The maximum atomic E-state index is 11.8. The molecule has 0 aliphatic carbocycles. The molecule has 2 N–H and O–H groups in total. The van der Waals surface area contributed by atoms with Crippen LogP contribution in [0.25, 0.3) is 0 Å². The van der Waals surface area contributed by atoms with Crippen molar-refractivity contribution in [3.63, 3.8) is 0 Å². The number of rotatable bonds is 5. The highest BCUT2D eigenvalue weighted by Gasteiger charge is 2.22. The summed E-state index contributed by atoms with van der Waals surface area (Å²) in [5.74, 6) is 0.664. The zero-order chi connectivity index (χ0) is 19.1. The maximum Gasteiger partial charge on any atom is 0.243 e. The molecule has 1 aromatic carbocycles. The van der Waals surface area contributed by atoms with Gasteiger partial charge in [-0.15, -0.1) is 24.0 Å². The summed E-state index contributed by atoms with van der Waals surface area (Å²) in [6.45, 7) is 6.09. The van der Waals surface area contributed by atoms with E-state index < -0.39 is 0 Å². The summed E-state index contributed by atoms with van der Waals surface area (Å²) in [6.07, 6.45) is 2.13. The number of amides is 1. The molecule has 1 unspecified atom stereocenters. The van der Waals surface area contributed by atoms with Crippen molar-refractivity contribution in [1.82, 2.24) is 15.5 Å². The molecule has 1 atom stereocenters. The fourth-order valence-electron chi connectivity index (χ4n) is 2.91. The standard InChI is InChI=1S/C19H30ClN5O.HI/c1-14(2)22-19(21-12-18(26)24(3)4)23-15-8-7-11-25(13-15)17-10-6-5-9-16(17)20;/h5-6,9-10,14-15H,7-8,11-13H2,1-4H3,(H2,21,22,23);1H. The van der Waals surface area contributed by atoms with Gasteiger partial charge in [0.05, 0.1) is 10.7 Å². The molecule has 0 aromatic heterocycles. The van der Waals surface area contributed by atoms with Crippen LogP contribution in [-0.4, -0.2) is 62.6 Å². The van der Waals surface area contributed by atoms with Crippen molar-refractivity contribution in [2.45, 2.75) is 38.8 Å². The number of likely N-dealkylation sites (N-methyl/N-ethyl adjacent to an activating group) is 1. The van der Waals surface area contributed by atoms with Gasteiger partial charge < -0.3 is 20.4 Å². The van der Waals surface area contributed by atoms with Crippen molar-refractivity contribution in [3.05, 3.63) is 29.3 Å². The first-order valence-corrected chi connectivity index (χ1v) is 9.51. The number of piperidine rings is 1. The number of nitrogens with one attached hydrogen (secondary N) is 2. The van der Waals surface area contributed by atoms with Gasteiger partial charge in [-0.3, -0.25) is 4.79 Å². The van der Waals surface area contributed by atoms with Crippen LogP contribution in [0.15, 0.2) is 29.3 Å². The largest absolute Gasteiger partial charge is 0.368 e. The molecule has 0 bridgehead atoms. The quantitative estimate of drug-likeness (QED) is 0.366. The second-order valence-corrected chi connectivity index (χ2v) is 7.54.